The van der Waals surface area contributed by atoms with E-state index in [2.05, 4.69) is 12.1 Å². The van der Waals surface area contributed by atoms with Crippen LogP contribution < -0.4 is 14.2 Å². The van der Waals surface area contributed by atoms with Gasteiger partial charge >= 0.3 is 0 Å². The van der Waals surface area contributed by atoms with E-state index in [1.165, 1.54) is 0 Å². The predicted molar refractivity (Wildman–Crippen MR) is 162 cm³/mol. The molecule has 3 saturated heterocycles. The Bertz CT molecular complexity index is 1420. The fraction of sp³-hybridized carbons (Fsp3) is 0.457. The van der Waals surface area contributed by atoms with Gasteiger partial charge in [0.05, 0.1) is 25.2 Å². The molecule has 3 fully saturated rings. The normalized spacial score (nSPS) is 25.4. The highest BCUT2D eigenvalue weighted by Crippen LogP contribution is 2.50. The van der Waals surface area contributed by atoms with E-state index < -0.39 is 5.41 Å². The molecule has 7 heteroatoms. The second-order valence-electron chi connectivity index (χ2n) is 10.9. The van der Waals surface area contributed by atoms with Crippen LogP contribution in [0.3, 0.4) is 0 Å². The number of carbonyl (C=O) groups is 1. The number of ether oxygens (including phenoxy) is 6. The fourth-order valence-corrected chi connectivity index (χ4v) is 5.87. The third kappa shape index (κ3) is 5.65. The summed E-state index contributed by atoms with van der Waals surface area (Å²) >= 11 is 0. The zero-order chi connectivity index (χ0) is 29.3. The van der Waals surface area contributed by atoms with Crippen molar-refractivity contribution >= 4 is 22.6 Å². The van der Waals surface area contributed by atoms with Gasteiger partial charge < -0.3 is 28.4 Å². The first-order valence-corrected chi connectivity index (χ1v) is 15.3. The second kappa shape index (κ2) is 12.1. The molecule has 7 nitrogen and oxygen atoms in total. The molecule has 3 aromatic rings. The highest BCUT2D eigenvalue weighted by Gasteiger charge is 2.47. The summed E-state index contributed by atoms with van der Waals surface area (Å²) in [6.45, 7) is 11.7. The maximum atomic E-state index is 14.0. The van der Waals surface area contributed by atoms with Crippen molar-refractivity contribution < 1.29 is 33.2 Å². The van der Waals surface area contributed by atoms with E-state index in [9.17, 15) is 4.79 Å². The van der Waals surface area contributed by atoms with Crippen molar-refractivity contribution in [2.45, 2.75) is 64.3 Å². The van der Waals surface area contributed by atoms with Crippen LogP contribution in [0.2, 0.25) is 0 Å². The molecule has 5 aliphatic rings. The quantitative estimate of drug-likeness (QED) is 0.297. The van der Waals surface area contributed by atoms with Crippen LogP contribution in [0.15, 0.2) is 48.5 Å². The molecule has 3 unspecified atom stereocenters. The number of hydrogen-bond donors (Lipinski definition) is 0. The van der Waals surface area contributed by atoms with E-state index in [4.69, 9.17) is 28.4 Å². The molecule has 3 aromatic carbocycles. The number of epoxide rings is 3. The van der Waals surface area contributed by atoms with Crippen molar-refractivity contribution in [1.29, 1.82) is 0 Å². The third-order valence-electron chi connectivity index (χ3n) is 8.19. The van der Waals surface area contributed by atoms with Gasteiger partial charge in [-0.3, -0.25) is 4.79 Å². The molecular weight excluding hydrogens is 532 g/mol. The molecule has 1 spiro atoms. The summed E-state index contributed by atoms with van der Waals surface area (Å²) in [6.07, 6.45) is 5.16. The van der Waals surface area contributed by atoms with Gasteiger partial charge in [-0.2, -0.15) is 0 Å². The van der Waals surface area contributed by atoms with Crippen molar-refractivity contribution in [1.82, 2.24) is 0 Å². The summed E-state index contributed by atoms with van der Waals surface area (Å²) < 4.78 is 34.8. The minimum atomic E-state index is -0.787. The van der Waals surface area contributed by atoms with Gasteiger partial charge in [0, 0.05) is 11.1 Å². The topological polar surface area (TPSA) is 82.4 Å². The zero-order valence-corrected chi connectivity index (χ0v) is 24.9. The van der Waals surface area contributed by atoms with Crippen molar-refractivity contribution in [2.24, 2.45) is 0 Å². The van der Waals surface area contributed by atoms with Crippen LogP contribution in [-0.2, 0) is 37.3 Å². The Kier molecular flexibility index (Phi) is 8.26. The van der Waals surface area contributed by atoms with E-state index in [0.29, 0.717) is 32.7 Å². The summed E-state index contributed by atoms with van der Waals surface area (Å²) in [4.78, 5) is 14.0. The summed E-state index contributed by atoms with van der Waals surface area (Å²) in [6, 6.07) is 14.3. The Hall–Kier alpha value is -3.39. The average Bonchev–Trinajstić information content (AvgIpc) is 3.88. The number of allylic oxidation sites excluding steroid dienone is 1. The monoisotopic (exact) mass is 572 g/mol. The minimum absolute atomic E-state index is 0.0899. The summed E-state index contributed by atoms with van der Waals surface area (Å²) in [5.41, 5.74) is 3.33. The van der Waals surface area contributed by atoms with Crippen LogP contribution in [0.1, 0.15) is 49.9 Å². The zero-order valence-electron chi connectivity index (χ0n) is 24.9. The lowest BCUT2D eigenvalue weighted by molar-refractivity contribution is -0.120. The highest BCUT2D eigenvalue weighted by atomic mass is 16.6. The number of fused-ring (bicyclic) bond motifs is 2. The molecule has 0 N–H and O–H groups in total. The van der Waals surface area contributed by atoms with Crippen LogP contribution in [0.5, 0.6) is 17.2 Å². The molecule has 0 saturated carbocycles. The summed E-state index contributed by atoms with van der Waals surface area (Å²) in [7, 11) is 0. The molecule has 42 heavy (non-hydrogen) atoms. The first-order chi connectivity index (χ1) is 20.7. The first-order valence-electron chi connectivity index (χ1n) is 15.3. The van der Waals surface area contributed by atoms with Gasteiger partial charge in [0.15, 0.2) is 5.78 Å². The standard InChI is InChI=1S/C31H28O7.2C2H6/c32-29-8-4-18-1-5-20(33-12-21-13-34-21)9-26(18)31(29)10-24-27(37-16-22-14-35-22)6-2-19-3-7-28(25(11-31)30(19)24)38-17-23-15-36-23;2*1-2/h1-9,21-23H,10-17H2;2*1-2H3. The van der Waals surface area contributed by atoms with Crippen molar-refractivity contribution in [3.05, 3.63) is 70.8 Å². The molecule has 3 aliphatic heterocycles. The van der Waals surface area contributed by atoms with Crippen molar-refractivity contribution in [3.63, 3.8) is 0 Å². The molecule has 0 bridgehead atoms. The van der Waals surface area contributed by atoms with Gasteiger partial charge in [-0.25, -0.2) is 0 Å². The van der Waals surface area contributed by atoms with Gasteiger partial charge in [0.1, 0.15) is 55.4 Å². The Morgan fingerprint density at radius 3 is 1.76 bits per heavy atom. The average molecular weight is 573 g/mol. The lowest BCUT2D eigenvalue weighted by Gasteiger charge is -2.40. The van der Waals surface area contributed by atoms with Gasteiger partial charge in [0.25, 0.3) is 0 Å². The predicted octanol–water partition coefficient (Wildman–Crippen LogP) is 5.86. The minimum Gasteiger partial charge on any atom is -0.491 e. The van der Waals surface area contributed by atoms with Crippen molar-refractivity contribution in [3.8, 4) is 17.2 Å². The van der Waals surface area contributed by atoms with Crippen LogP contribution in [0.25, 0.3) is 16.8 Å². The van der Waals surface area contributed by atoms with Crippen LogP contribution in [0, 0.1) is 0 Å². The highest BCUT2D eigenvalue weighted by molar-refractivity contribution is 6.08. The molecule has 0 amide bonds. The molecular formula is C35H40O7. The maximum Gasteiger partial charge on any atom is 0.166 e. The molecule has 0 aromatic heterocycles. The fourth-order valence-electron chi connectivity index (χ4n) is 5.87. The summed E-state index contributed by atoms with van der Waals surface area (Å²) in [5, 5.41) is 2.25. The van der Waals surface area contributed by atoms with E-state index >= 15 is 0 Å². The second-order valence-corrected chi connectivity index (χ2v) is 10.9. The van der Waals surface area contributed by atoms with Gasteiger partial charge in [-0.15, -0.1) is 0 Å². The van der Waals surface area contributed by atoms with E-state index in [1.807, 2.05) is 64.1 Å². The molecule has 3 atom stereocenters. The van der Waals surface area contributed by atoms with Gasteiger partial charge in [-0.05, 0) is 65.1 Å². The number of rotatable bonds is 9. The van der Waals surface area contributed by atoms with Crippen LogP contribution >= 0.6 is 0 Å². The Morgan fingerprint density at radius 2 is 1.24 bits per heavy atom. The van der Waals surface area contributed by atoms with Crippen LogP contribution in [-0.4, -0.2) is 63.7 Å². The van der Waals surface area contributed by atoms with E-state index in [-0.39, 0.29) is 24.1 Å². The van der Waals surface area contributed by atoms with E-state index in [0.717, 1.165) is 70.1 Å². The molecule has 222 valence electrons. The number of benzene rings is 3. The summed E-state index contributed by atoms with van der Waals surface area (Å²) in [5.74, 6) is 2.45. The molecule has 8 rings (SSSR count). The maximum absolute atomic E-state index is 14.0. The number of carbonyl (C=O) groups excluding carboxylic acids is 1. The molecule has 2 aliphatic carbocycles. The van der Waals surface area contributed by atoms with Crippen molar-refractivity contribution in [2.75, 3.05) is 39.6 Å². The smallest absolute Gasteiger partial charge is 0.166 e. The largest absolute Gasteiger partial charge is 0.491 e. The van der Waals surface area contributed by atoms with Gasteiger partial charge in [-0.1, -0.05) is 52.0 Å². The molecule has 3 heterocycles. The van der Waals surface area contributed by atoms with Gasteiger partial charge in [0.2, 0.25) is 0 Å². The third-order valence-corrected chi connectivity index (χ3v) is 8.19. The lowest BCUT2D eigenvalue weighted by atomic mass is 9.61. The Morgan fingerprint density at radius 1 is 0.714 bits per heavy atom. The number of hydrogen-bond acceptors (Lipinski definition) is 7. The number of ketones is 1. The Balaban J connectivity index is 0.000000759. The molecule has 0 radical (unpaired) electrons. The SMILES string of the molecule is CC.CC.O=C1C=Cc2ccc(OCC3CO3)cc2C12Cc1c(OCC3CO3)ccc3ccc(OCC4CO4)c(c13)C2. The Labute approximate surface area is 247 Å². The first kappa shape index (κ1) is 28.7. The lowest BCUT2D eigenvalue weighted by Crippen LogP contribution is -2.43. The van der Waals surface area contributed by atoms with E-state index in [1.54, 1.807) is 6.08 Å². The van der Waals surface area contributed by atoms with Crippen LogP contribution in [0.4, 0.5) is 0 Å².